The van der Waals surface area contributed by atoms with Crippen LogP contribution in [0, 0.1) is 0 Å². The van der Waals surface area contributed by atoms with E-state index in [1.807, 2.05) is 60.7 Å². The molecular formula is C14H12O. The van der Waals surface area contributed by atoms with E-state index in [-0.39, 0.29) is 0 Å². The van der Waals surface area contributed by atoms with Gasteiger partial charge >= 0.3 is 0 Å². The maximum absolute atomic E-state index is 9.70. The fourth-order valence-electron chi connectivity index (χ4n) is 1.38. The van der Waals surface area contributed by atoms with Crippen LogP contribution in [-0.4, -0.2) is 5.11 Å². The van der Waals surface area contributed by atoms with E-state index < -0.39 is 0 Å². The van der Waals surface area contributed by atoms with Crippen LogP contribution in [0.5, 0.6) is 0 Å². The van der Waals surface area contributed by atoms with E-state index in [0.29, 0.717) is 5.76 Å². The molecule has 0 aliphatic heterocycles. The molecule has 1 aliphatic carbocycles. The van der Waals surface area contributed by atoms with Gasteiger partial charge < -0.3 is 5.11 Å². The van der Waals surface area contributed by atoms with Gasteiger partial charge in [-0.1, -0.05) is 60.7 Å². The van der Waals surface area contributed by atoms with Crippen LogP contribution in [0.15, 0.2) is 72.0 Å². The minimum atomic E-state index is 0.295. The number of benzene rings is 1. The number of hydrogen-bond donors (Lipinski definition) is 1. The Morgan fingerprint density at radius 3 is 2.33 bits per heavy atom. The fourth-order valence-corrected chi connectivity index (χ4v) is 1.38. The molecule has 0 aromatic heterocycles. The van der Waals surface area contributed by atoms with Gasteiger partial charge in [-0.15, -0.1) is 0 Å². The zero-order valence-corrected chi connectivity index (χ0v) is 8.30. The Bertz CT molecular complexity index is 433. The molecule has 74 valence electrons. The molecule has 0 saturated heterocycles. The van der Waals surface area contributed by atoms with Crippen molar-refractivity contribution in [3.63, 3.8) is 0 Å². The van der Waals surface area contributed by atoms with Gasteiger partial charge in [-0.25, -0.2) is 0 Å². The molecule has 0 saturated carbocycles. The average molecular weight is 196 g/mol. The van der Waals surface area contributed by atoms with Gasteiger partial charge in [0.2, 0.25) is 0 Å². The second kappa shape index (κ2) is 4.47. The minimum absolute atomic E-state index is 0.295. The number of allylic oxidation sites excluding steroid dienone is 6. The van der Waals surface area contributed by atoms with Crippen molar-refractivity contribution in [2.24, 2.45) is 0 Å². The quantitative estimate of drug-likeness (QED) is 0.716. The predicted octanol–water partition coefficient (Wildman–Crippen LogP) is 3.64. The summed E-state index contributed by atoms with van der Waals surface area (Å²) < 4.78 is 0. The molecule has 15 heavy (non-hydrogen) atoms. The highest BCUT2D eigenvalue weighted by molar-refractivity contribution is 5.54. The number of aliphatic hydroxyl groups excluding tert-OH is 1. The monoisotopic (exact) mass is 196 g/mol. The SMILES string of the molecule is OC(C=Cc1ccccc1)=C1C=CC=C1. The largest absolute Gasteiger partial charge is 0.507 e. The zero-order valence-electron chi connectivity index (χ0n) is 8.30. The van der Waals surface area contributed by atoms with E-state index in [2.05, 4.69) is 0 Å². The summed E-state index contributed by atoms with van der Waals surface area (Å²) in [7, 11) is 0. The standard InChI is InChI=1S/C14H12O/c15-14(13-8-4-5-9-13)11-10-12-6-2-1-3-7-12/h1-11,15H. The number of hydrogen-bond acceptors (Lipinski definition) is 1. The van der Waals surface area contributed by atoms with Gasteiger partial charge in [-0.05, 0) is 11.6 Å². The molecule has 1 heteroatoms. The van der Waals surface area contributed by atoms with Crippen LogP contribution in [0.1, 0.15) is 5.56 Å². The van der Waals surface area contributed by atoms with E-state index in [4.69, 9.17) is 0 Å². The Balaban J connectivity index is 2.16. The van der Waals surface area contributed by atoms with Crippen LogP contribution in [0.3, 0.4) is 0 Å². The first-order chi connectivity index (χ1) is 7.36. The Kier molecular flexibility index (Phi) is 2.84. The Labute approximate surface area is 89.4 Å². The highest BCUT2D eigenvalue weighted by Gasteiger charge is 1.97. The Morgan fingerprint density at radius 2 is 1.67 bits per heavy atom. The first-order valence-corrected chi connectivity index (χ1v) is 4.87. The van der Waals surface area contributed by atoms with Gasteiger partial charge in [0.1, 0.15) is 5.76 Å². The summed E-state index contributed by atoms with van der Waals surface area (Å²) in [6.45, 7) is 0. The van der Waals surface area contributed by atoms with E-state index in [1.165, 1.54) is 0 Å². The van der Waals surface area contributed by atoms with Crippen molar-refractivity contribution in [3.8, 4) is 0 Å². The van der Waals surface area contributed by atoms with Gasteiger partial charge in [0, 0.05) is 5.57 Å². The maximum atomic E-state index is 9.70. The van der Waals surface area contributed by atoms with E-state index >= 15 is 0 Å². The minimum Gasteiger partial charge on any atom is -0.507 e. The second-order valence-electron chi connectivity index (χ2n) is 3.30. The van der Waals surface area contributed by atoms with Crippen LogP contribution >= 0.6 is 0 Å². The third-order valence-electron chi connectivity index (χ3n) is 2.19. The summed E-state index contributed by atoms with van der Waals surface area (Å²) in [5, 5.41) is 9.70. The molecule has 1 nitrogen and oxygen atoms in total. The van der Waals surface area contributed by atoms with Crippen molar-refractivity contribution in [2.75, 3.05) is 0 Å². The van der Waals surface area contributed by atoms with Crippen molar-refractivity contribution < 1.29 is 5.11 Å². The summed E-state index contributed by atoms with van der Waals surface area (Å²) in [6.07, 6.45) is 11.2. The summed E-state index contributed by atoms with van der Waals surface area (Å²) in [5.74, 6) is 0.295. The molecule has 0 radical (unpaired) electrons. The molecule has 2 rings (SSSR count). The molecule has 0 atom stereocenters. The molecule has 0 spiro atoms. The average Bonchev–Trinajstić information content (AvgIpc) is 2.81. The maximum Gasteiger partial charge on any atom is 0.122 e. The predicted molar refractivity (Wildman–Crippen MR) is 63.4 cm³/mol. The molecule has 1 aromatic carbocycles. The van der Waals surface area contributed by atoms with Crippen LogP contribution in [-0.2, 0) is 0 Å². The van der Waals surface area contributed by atoms with Crippen molar-refractivity contribution in [1.82, 2.24) is 0 Å². The lowest BCUT2D eigenvalue weighted by molar-refractivity contribution is 0.430. The molecule has 0 unspecified atom stereocenters. The van der Waals surface area contributed by atoms with Crippen molar-refractivity contribution >= 4 is 6.08 Å². The van der Waals surface area contributed by atoms with Crippen LogP contribution in [0.4, 0.5) is 0 Å². The van der Waals surface area contributed by atoms with Crippen molar-refractivity contribution in [3.05, 3.63) is 77.6 Å². The lowest BCUT2D eigenvalue weighted by atomic mass is 10.2. The smallest absolute Gasteiger partial charge is 0.122 e. The van der Waals surface area contributed by atoms with Gasteiger partial charge in [-0.2, -0.15) is 0 Å². The van der Waals surface area contributed by atoms with E-state index in [9.17, 15) is 5.11 Å². The van der Waals surface area contributed by atoms with Gasteiger partial charge in [-0.3, -0.25) is 0 Å². The molecule has 0 heterocycles. The van der Waals surface area contributed by atoms with Crippen LogP contribution in [0.2, 0.25) is 0 Å². The highest BCUT2D eigenvalue weighted by Crippen LogP contribution is 2.13. The first kappa shape index (κ1) is 9.53. The van der Waals surface area contributed by atoms with Crippen LogP contribution < -0.4 is 0 Å². The van der Waals surface area contributed by atoms with Crippen molar-refractivity contribution in [2.45, 2.75) is 0 Å². The molecule has 1 N–H and O–H groups in total. The van der Waals surface area contributed by atoms with Gasteiger partial charge in [0.15, 0.2) is 0 Å². The van der Waals surface area contributed by atoms with Crippen LogP contribution in [0.25, 0.3) is 6.08 Å². The third-order valence-corrected chi connectivity index (χ3v) is 2.19. The van der Waals surface area contributed by atoms with Gasteiger partial charge in [0.05, 0.1) is 0 Å². The number of aliphatic hydroxyl groups is 1. The highest BCUT2D eigenvalue weighted by atomic mass is 16.3. The molecular weight excluding hydrogens is 184 g/mol. The second-order valence-corrected chi connectivity index (χ2v) is 3.30. The summed E-state index contributed by atoms with van der Waals surface area (Å²) in [5.41, 5.74) is 1.93. The van der Waals surface area contributed by atoms with Crippen molar-refractivity contribution in [1.29, 1.82) is 0 Å². The van der Waals surface area contributed by atoms with E-state index in [0.717, 1.165) is 11.1 Å². The molecule has 0 fully saturated rings. The molecule has 0 bridgehead atoms. The summed E-state index contributed by atoms with van der Waals surface area (Å²) >= 11 is 0. The topological polar surface area (TPSA) is 20.2 Å². The Morgan fingerprint density at radius 1 is 1.00 bits per heavy atom. The van der Waals surface area contributed by atoms with Gasteiger partial charge in [0.25, 0.3) is 0 Å². The van der Waals surface area contributed by atoms with E-state index in [1.54, 1.807) is 6.08 Å². The summed E-state index contributed by atoms with van der Waals surface area (Å²) in [4.78, 5) is 0. The summed E-state index contributed by atoms with van der Waals surface area (Å²) in [6, 6.07) is 9.90. The lowest BCUT2D eigenvalue weighted by Crippen LogP contribution is -1.79. The molecule has 1 aliphatic rings. The Hall–Kier alpha value is -2.02. The zero-order chi connectivity index (χ0) is 10.5. The lowest BCUT2D eigenvalue weighted by Gasteiger charge is -1.95. The molecule has 1 aromatic rings. The number of rotatable bonds is 2. The normalized spacial score (nSPS) is 14.0. The molecule has 0 amide bonds. The first-order valence-electron chi connectivity index (χ1n) is 4.87. The fraction of sp³-hybridized carbons (Fsp3) is 0. The third kappa shape index (κ3) is 2.47.